The van der Waals surface area contributed by atoms with Crippen LogP contribution in [-0.4, -0.2) is 22.0 Å². The van der Waals surface area contributed by atoms with Crippen LogP contribution in [0.4, 0.5) is 10.1 Å². The number of aryl methyl sites for hydroxylation is 1. The summed E-state index contributed by atoms with van der Waals surface area (Å²) in [5.41, 5.74) is 5.12. The Bertz CT molecular complexity index is 1250. The van der Waals surface area contributed by atoms with Crippen molar-refractivity contribution in [2.24, 2.45) is 0 Å². The third-order valence-electron chi connectivity index (χ3n) is 6.09. The molecule has 5 heteroatoms. The molecule has 3 aromatic carbocycles. The summed E-state index contributed by atoms with van der Waals surface area (Å²) >= 11 is 0. The number of anilines is 1. The molecule has 4 aromatic rings. The first-order chi connectivity index (χ1) is 15.1. The molecule has 5 rings (SSSR count). The Kier molecular flexibility index (Phi) is 5.02. The highest BCUT2D eigenvalue weighted by Crippen LogP contribution is 2.35. The number of nitrogens with zero attached hydrogens (tertiary/aromatic N) is 3. The van der Waals surface area contributed by atoms with Gasteiger partial charge >= 0.3 is 0 Å². The molecule has 1 aromatic heterocycles. The molecule has 0 N–H and O–H groups in total. The largest absolute Gasteiger partial charge is 0.323 e. The van der Waals surface area contributed by atoms with E-state index in [-0.39, 0.29) is 17.6 Å². The fourth-order valence-corrected chi connectivity index (χ4v) is 4.53. The average molecular weight is 413 g/mol. The van der Waals surface area contributed by atoms with Crippen molar-refractivity contribution in [3.63, 3.8) is 0 Å². The number of amides is 1. The standard InChI is InChI=1S/C26H24FN3O/c1-2-19-7-3-5-9-23(19)29-17-20(15-25(29)31)26-28-22-8-4-6-10-24(22)30(26)16-18-11-13-21(27)14-12-18/h3-14,20H,2,15-17H2,1H3. The zero-order valence-corrected chi connectivity index (χ0v) is 17.5. The number of carbonyl (C=O) groups is 1. The molecule has 1 aliphatic rings. The van der Waals surface area contributed by atoms with Crippen LogP contribution in [0.3, 0.4) is 0 Å². The highest BCUT2D eigenvalue weighted by atomic mass is 19.1. The van der Waals surface area contributed by atoms with Crippen molar-refractivity contribution in [3.05, 3.63) is 95.6 Å². The lowest BCUT2D eigenvalue weighted by atomic mass is 10.1. The highest BCUT2D eigenvalue weighted by molar-refractivity contribution is 5.97. The zero-order chi connectivity index (χ0) is 21.4. The molecule has 2 heterocycles. The van der Waals surface area contributed by atoms with Crippen LogP contribution >= 0.6 is 0 Å². The summed E-state index contributed by atoms with van der Waals surface area (Å²) in [6.45, 7) is 3.31. The number of imidazole rings is 1. The maximum Gasteiger partial charge on any atom is 0.227 e. The summed E-state index contributed by atoms with van der Waals surface area (Å²) in [7, 11) is 0. The van der Waals surface area contributed by atoms with E-state index in [9.17, 15) is 9.18 Å². The van der Waals surface area contributed by atoms with Crippen LogP contribution in [0.2, 0.25) is 0 Å². The van der Waals surface area contributed by atoms with Gasteiger partial charge in [0.15, 0.2) is 0 Å². The first-order valence-electron chi connectivity index (χ1n) is 10.7. The Labute approximate surface area is 181 Å². The summed E-state index contributed by atoms with van der Waals surface area (Å²) in [6.07, 6.45) is 1.32. The zero-order valence-electron chi connectivity index (χ0n) is 17.5. The van der Waals surface area contributed by atoms with Crippen molar-refractivity contribution in [1.29, 1.82) is 0 Å². The number of rotatable bonds is 5. The lowest BCUT2D eigenvalue weighted by Gasteiger charge is -2.20. The van der Waals surface area contributed by atoms with Crippen molar-refractivity contribution in [1.82, 2.24) is 9.55 Å². The van der Waals surface area contributed by atoms with E-state index in [4.69, 9.17) is 4.98 Å². The summed E-state index contributed by atoms with van der Waals surface area (Å²) < 4.78 is 15.6. The quantitative estimate of drug-likeness (QED) is 0.445. The molecule has 1 fully saturated rings. The number of halogens is 1. The molecule has 1 unspecified atom stereocenters. The van der Waals surface area contributed by atoms with Gasteiger partial charge in [-0.2, -0.15) is 0 Å². The van der Waals surface area contributed by atoms with Crippen LogP contribution in [0.5, 0.6) is 0 Å². The smallest absolute Gasteiger partial charge is 0.227 e. The number of hydrogen-bond acceptors (Lipinski definition) is 2. The van der Waals surface area contributed by atoms with E-state index in [0.717, 1.165) is 34.5 Å². The molecule has 31 heavy (non-hydrogen) atoms. The van der Waals surface area contributed by atoms with Gasteiger partial charge in [-0.25, -0.2) is 9.37 Å². The maximum absolute atomic E-state index is 13.4. The maximum atomic E-state index is 13.4. The topological polar surface area (TPSA) is 38.1 Å². The van der Waals surface area contributed by atoms with Crippen LogP contribution in [-0.2, 0) is 17.8 Å². The minimum atomic E-state index is -0.244. The van der Waals surface area contributed by atoms with E-state index in [1.54, 1.807) is 12.1 Å². The van der Waals surface area contributed by atoms with Crippen molar-refractivity contribution in [2.45, 2.75) is 32.2 Å². The van der Waals surface area contributed by atoms with Crippen LogP contribution < -0.4 is 4.90 Å². The summed E-state index contributed by atoms with van der Waals surface area (Å²) in [6, 6.07) is 22.7. The molecule has 0 bridgehead atoms. The van der Waals surface area contributed by atoms with Crippen molar-refractivity contribution >= 4 is 22.6 Å². The van der Waals surface area contributed by atoms with Crippen molar-refractivity contribution in [2.75, 3.05) is 11.4 Å². The second kappa shape index (κ2) is 7.99. The number of benzene rings is 3. The van der Waals surface area contributed by atoms with E-state index < -0.39 is 0 Å². The van der Waals surface area contributed by atoms with E-state index in [0.29, 0.717) is 19.5 Å². The molecule has 0 radical (unpaired) electrons. The minimum Gasteiger partial charge on any atom is -0.323 e. The molecule has 4 nitrogen and oxygen atoms in total. The Balaban J connectivity index is 1.53. The van der Waals surface area contributed by atoms with Crippen molar-refractivity contribution in [3.8, 4) is 0 Å². The van der Waals surface area contributed by atoms with Gasteiger partial charge in [0.25, 0.3) is 0 Å². The van der Waals surface area contributed by atoms with Gasteiger partial charge < -0.3 is 9.47 Å². The molecule has 1 aliphatic heterocycles. The lowest BCUT2D eigenvalue weighted by Crippen LogP contribution is -2.25. The summed E-state index contributed by atoms with van der Waals surface area (Å²) in [5.74, 6) is 0.804. The number of fused-ring (bicyclic) bond motifs is 1. The van der Waals surface area contributed by atoms with Gasteiger partial charge in [0.2, 0.25) is 5.91 Å². The van der Waals surface area contributed by atoms with Gasteiger partial charge in [-0.15, -0.1) is 0 Å². The fourth-order valence-electron chi connectivity index (χ4n) is 4.53. The SMILES string of the molecule is CCc1ccccc1N1CC(c2nc3ccccc3n2Cc2ccc(F)cc2)CC1=O. The summed E-state index contributed by atoms with van der Waals surface area (Å²) in [4.78, 5) is 19.8. The normalized spacial score (nSPS) is 16.4. The summed E-state index contributed by atoms with van der Waals surface area (Å²) in [5, 5.41) is 0. The fraction of sp³-hybridized carbons (Fsp3) is 0.231. The highest BCUT2D eigenvalue weighted by Gasteiger charge is 2.35. The number of hydrogen-bond donors (Lipinski definition) is 0. The van der Waals surface area contributed by atoms with Gasteiger partial charge in [-0.05, 0) is 47.9 Å². The number of aromatic nitrogens is 2. The van der Waals surface area contributed by atoms with Crippen LogP contribution in [0, 0.1) is 5.82 Å². The van der Waals surface area contributed by atoms with Crippen molar-refractivity contribution < 1.29 is 9.18 Å². The Morgan fingerprint density at radius 1 is 1.00 bits per heavy atom. The van der Waals surface area contributed by atoms with Crippen LogP contribution in [0.25, 0.3) is 11.0 Å². The Morgan fingerprint density at radius 2 is 1.74 bits per heavy atom. The van der Waals surface area contributed by atoms with Gasteiger partial charge in [-0.1, -0.05) is 49.4 Å². The van der Waals surface area contributed by atoms with E-state index in [1.807, 2.05) is 41.3 Å². The number of para-hydroxylation sites is 3. The monoisotopic (exact) mass is 413 g/mol. The van der Waals surface area contributed by atoms with E-state index in [2.05, 4.69) is 23.6 Å². The second-order valence-corrected chi connectivity index (χ2v) is 8.06. The lowest BCUT2D eigenvalue weighted by molar-refractivity contribution is -0.117. The van der Waals surface area contributed by atoms with E-state index >= 15 is 0 Å². The molecule has 0 aliphatic carbocycles. The first-order valence-corrected chi connectivity index (χ1v) is 10.7. The third kappa shape index (κ3) is 3.61. The Morgan fingerprint density at radius 3 is 2.55 bits per heavy atom. The molecule has 0 spiro atoms. The predicted octanol–water partition coefficient (Wildman–Crippen LogP) is 5.31. The average Bonchev–Trinajstić information content (AvgIpc) is 3.36. The number of carbonyl (C=O) groups excluding carboxylic acids is 1. The van der Waals surface area contributed by atoms with E-state index in [1.165, 1.54) is 17.7 Å². The molecule has 156 valence electrons. The van der Waals surface area contributed by atoms with Crippen LogP contribution in [0.15, 0.2) is 72.8 Å². The second-order valence-electron chi connectivity index (χ2n) is 8.06. The molecule has 1 atom stereocenters. The predicted molar refractivity (Wildman–Crippen MR) is 121 cm³/mol. The Hall–Kier alpha value is -3.47. The molecule has 1 amide bonds. The third-order valence-corrected chi connectivity index (χ3v) is 6.09. The van der Waals surface area contributed by atoms with Gasteiger partial charge in [0.1, 0.15) is 11.6 Å². The molecule has 0 saturated carbocycles. The van der Waals surface area contributed by atoms with Crippen LogP contribution in [0.1, 0.15) is 36.2 Å². The van der Waals surface area contributed by atoms with Gasteiger partial charge in [0.05, 0.1) is 11.0 Å². The molecule has 1 saturated heterocycles. The van der Waals surface area contributed by atoms with Gasteiger partial charge in [-0.3, -0.25) is 4.79 Å². The molecular weight excluding hydrogens is 389 g/mol. The molecular formula is C26H24FN3O. The van der Waals surface area contributed by atoms with Gasteiger partial charge in [0, 0.05) is 31.1 Å². The first kappa shape index (κ1) is 19.5. The minimum absolute atomic E-state index is 0.00487.